The summed E-state index contributed by atoms with van der Waals surface area (Å²) in [6.45, 7) is 3.94. The van der Waals surface area contributed by atoms with Gasteiger partial charge in [-0.1, -0.05) is 36.4 Å². The number of carbonyl (C=O) groups is 1. The molecule has 0 atom stereocenters. The number of carbonyl (C=O) groups excluding carboxylic acids is 1. The van der Waals surface area contributed by atoms with Crippen LogP contribution in [0.3, 0.4) is 0 Å². The minimum atomic E-state index is 0.0277. The van der Waals surface area contributed by atoms with Crippen LogP contribution in [0.15, 0.2) is 48.0 Å². The lowest BCUT2D eigenvalue weighted by molar-refractivity contribution is 0.104. The van der Waals surface area contributed by atoms with Crippen LogP contribution in [0.2, 0.25) is 0 Å². The Morgan fingerprint density at radius 1 is 1.09 bits per heavy atom. The smallest absolute Gasteiger partial charge is 0.189 e. The lowest BCUT2D eigenvalue weighted by Gasteiger charge is -2.16. The molecule has 2 aromatic carbocycles. The van der Waals surface area contributed by atoms with E-state index in [2.05, 4.69) is 0 Å². The molecule has 0 radical (unpaired) electrons. The van der Waals surface area contributed by atoms with E-state index in [9.17, 15) is 4.79 Å². The fourth-order valence-corrected chi connectivity index (χ4v) is 2.83. The summed E-state index contributed by atoms with van der Waals surface area (Å²) in [5.41, 5.74) is 3.54. The van der Waals surface area contributed by atoms with Crippen molar-refractivity contribution in [3.8, 4) is 11.5 Å². The molecule has 118 valence electrons. The normalized spacial score (nSPS) is 15.1. The molecule has 1 aliphatic rings. The van der Waals surface area contributed by atoms with Crippen molar-refractivity contribution in [3.05, 3.63) is 64.7 Å². The first-order valence-corrected chi connectivity index (χ1v) is 7.77. The van der Waals surface area contributed by atoms with Crippen molar-refractivity contribution in [1.82, 2.24) is 0 Å². The molecule has 0 fully saturated rings. The summed E-state index contributed by atoms with van der Waals surface area (Å²) in [4.78, 5) is 12.5. The van der Waals surface area contributed by atoms with Crippen LogP contribution in [0.5, 0.6) is 11.5 Å². The number of allylic oxidation sites excluding steroid dienone is 1. The van der Waals surface area contributed by atoms with Crippen molar-refractivity contribution >= 4 is 11.9 Å². The zero-order valence-electron chi connectivity index (χ0n) is 13.6. The minimum Gasteiger partial charge on any atom is -0.493 e. The van der Waals surface area contributed by atoms with Crippen molar-refractivity contribution in [3.63, 3.8) is 0 Å². The van der Waals surface area contributed by atoms with Gasteiger partial charge in [-0.3, -0.25) is 4.79 Å². The van der Waals surface area contributed by atoms with E-state index >= 15 is 0 Å². The molecule has 0 heterocycles. The maximum Gasteiger partial charge on any atom is 0.189 e. The molecule has 3 nitrogen and oxygen atoms in total. The summed E-state index contributed by atoms with van der Waals surface area (Å²) in [6.07, 6.45) is 2.61. The highest BCUT2D eigenvalue weighted by atomic mass is 16.5. The zero-order chi connectivity index (χ0) is 16.4. The van der Waals surface area contributed by atoms with Gasteiger partial charge in [0.2, 0.25) is 0 Å². The number of para-hydroxylation sites is 1. The maximum absolute atomic E-state index is 12.5. The summed E-state index contributed by atoms with van der Waals surface area (Å²) >= 11 is 0. The maximum atomic E-state index is 12.5. The quantitative estimate of drug-likeness (QED) is 0.790. The van der Waals surface area contributed by atoms with Gasteiger partial charge in [0.15, 0.2) is 17.3 Å². The van der Waals surface area contributed by atoms with Gasteiger partial charge in [0.05, 0.1) is 13.2 Å². The van der Waals surface area contributed by atoms with E-state index < -0.39 is 0 Å². The molecule has 0 bridgehead atoms. The molecule has 2 aromatic rings. The molecule has 0 N–H and O–H groups in total. The fraction of sp³-hybridized carbons (Fsp3) is 0.250. The van der Waals surface area contributed by atoms with Crippen molar-refractivity contribution in [2.24, 2.45) is 0 Å². The average molecular weight is 308 g/mol. The van der Waals surface area contributed by atoms with Crippen LogP contribution >= 0.6 is 0 Å². The summed E-state index contributed by atoms with van der Waals surface area (Å²) < 4.78 is 11.3. The van der Waals surface area contributed by atoms with Crippen LogP contribution in [0.25, 0.3) is 6.08 Å². The number of rotatable bonds is 4. The molecule has 0 unspecified atom stereocenters. The van der Waals surface area contributed by atoms with E-state index in [0.717, 1.165) is 22.3 Å². The lowest BCUT2D eigenvalue weighted by atomic mass is 10.1. The summed E-state index contributed by atoms with van der Waals surface area (Å²) in [5, 5.41) is 0. The molecule has 0 spiro atoms. The molecule has 0 saturated heterocycles. The van der Waals surface area contributed by atoms with Crippen molar-refractivity contribution < 1.29 is 14.3 Å². The SMILES string of the molecule is COc1cccc(C=C2Cc3ccccc3C2=O)c1OC(C)C. The Morgan fingerprint density at radius 3 is 2.57 bits per heavy atom. The van der Waals surface area contributed by atoms with Crippen molar-refractivity contribution in [2.45, 2.75) is 26.4 Å². The molecular formula is C20H20O3. The third kappa shape index (κ3) is 3.00. The van der Waals surface area contributed by atoms with E-state index in [1.165, 1.54) is 0 Å². The Labute approximate surface area is 136 Å². The monoisotopic (exact) mass is 308 g/mol. The average Bonchev–Trinajstić information content (AvgIpc) is 2.85. The topological polar surface area (TPSA) is 35.5 Å². The van der Waals surface area contributed by atoms with Crippen molar-refractivity contribution in [2.75, 3.05) is 7.11 Å². The van der Waals surface area contributed by atoms with Crippen LogP contribution in [-0.2, 0) is 6.42 Å². The summed E-state index contributed by atoms with van der Waals surface area (Å²) in [6, 6.07) is 13.5. The van der Waals surface area contributed by atoms with Gasteiger partial charge in [0.1, 0.15) is 0 Å². The summed E-state index contributed by atoms with van der Waals surface area (Å²) in [5.74, 6) is 1.45. The number of hydrogen-bond donors (Lipinski definition) is 0. The molecule has 3 rings (SSSR count). The minimum absolute atomic E-state index is 0.0277. The van der Waals surface area contributed by atoms with Crippen LogP contribution in [0.4, 0.5) is 0 Å². The van der Waals surface area contributed by atoms with Crippen LogP contribution in [0, 0.1) is 0 Å². The Bertz CT molecular complexity index is 772. The van der Waals surface area contributed by atoms with E-state index in [-0.39, 0.29) is 11.9 Å². The van der Waals surface area contributed by atoms with Crippen LogP contribution in [0.1, 0.15) is 35.3 Å². The second kappa shape index (κ2) is 6.29. The number of fused-ring (bicyclic) bond motifs is 1. The molecule has 0 saturated carbocycles. The van der Waals surface area contributed by atoms with E-state index in [0.29, 0.717) is 17.9 Å². The zero-order valence-corrected chi connectivity index (χ0v) is 13.6. The molecule has 0 aromatic heterocycles. The third-order valence-corrected chi connectivity index (χ3v) is 3.85. The second-order valence-corrected chi connectivity index (χ2v) is 5.88. The van der Waals surface area contributed by atoms with Crippen LogP contribution < -0.4 is 9.47 Å². The molecule has 1 aliphatic carbocycles. The standard InChI is InChI=1S/C20H20O3/c1-13(2)23-20-15(8-6-10-18(20)22-3)12-16-11-14-7-4-5-9-17(14)19(16)21/h4-10,12-13H,11H2,1-3H3. The Kier molecular flexibility index (Phi) is 4.20. The predicted molar refractivity (Wildman–Crippen MR) is 91.2 cm³/mol. The first-order valence-electron chi connectivity index (χ1n) is 7.77. The van der Waals surface area contributed by atoms with Gasteiger partial charge in [-0.2, -0.15) is 0 Å². The second-order valence-electron chi connectivity index (χ2n) is 5.88. The van der Waals surface area contributed by atoms with Gasteiger partial charge in [-0.25, -0.2) is 0 Å². The van der Waals surface area contributed by atoms with Crippen molar-refractivity contribution in [1.29, 1.82) is 0 Å². The third-order valence-electron chi connectivity index (χ3n) is 3.85. The van der Waals surface area contributed by atoms with Gasteiger partial charge < -0.3 is 9.47 Å². The number of ether oxygens (including phenoxy) is 2. The number of hydrogen-bond acceptors (Lipinski definition) is 3. The largest absolute Gasteiger partial charge is 0.493 e. The highest BCUT2D eigenvalue weighted by Gasteiger charge is 2.24. The van der Waals surface area contributed by atoms with Gasteiger partial charge in [0, 0.05) is 23.1 Å². The Hall–Kier alpha value is -2.55. The van der Waals surface area contributed by atoms with Gasteiger partial charge in [-0.15, -0.1) is 0 Å². The first kappa shape index (κ1) is 15.3. The van der Waals surface area contributed by atoms with Gasteiger partial charge >= 0.3 is 0 Å². The number of benzene rings is 2. The number of ketones is 1. The highest BCUT2D eigenvalue weighted by molar-refractivity contribution is 6.15. The lowest BCUT2D eigenvalue weighted by Crippen LogP contribution is -2.08. The van der Waals surface area contributed by atoms with Crippen LogP contribution in [-0.4, -0.2) is 19.0 Å². The van der Waals surface area contributed by atoms with Gasteiger partial charge in [-0.05, 0) is 31.6 Å². The Morgan fingerprint density at radius 2 is 1.87 bits per heavy atom. The van der Waals surface area contributed by atoms with E-state index in [1.54, 1.807) is 7.11 Å². The highest BCUT2D eigenvalue weighted by Crippen LogP contribution is 2.35. The fourth-order valence-electron chi connectivity index (χ4n) is 2.83. The number of Topliss-reactive ketones (excluding diaryl/α,β-unsaturated/α-hetero) is 1. The van der Waals surface area contributed by atoms with Gasteiger partial charge in [0.25, 0.3) is 0 Å². The molecule has 23 heavy (non-hydrogen) atoms. The molecule has 3 heteroatoms. The number of methoxy groups -OCH3 is 1. The molecular weight excluding hydrogens is 288 g/mol. The molecule has 0 aliphatic heterocycles. The van der Waals surface area contributed by atoms with E-state index in [4.69, 9.17) is 9.47 Å². The first-order chi connectivity index (χ1) is 11.1. The summed E-state index contributed by atoms with van der Waals surface area (Å²) in [7, 11) is 1.62. The molecule has 0 amide bonds. The van der Waals surface area contributed by atoms with E-state index in [1.807, 2.05) is 62.4 Å². The Balaban J connectivity index is 2.02. The predicted octanol–water partition coefficient (Wildman–Crippen LogP) is 4.30.